The summed E-state index contributed by atoms with van der Waals surface area (Å²) in [4.78, 5) is 18.7. The van der Waals surface area contributed by atoms with E-state index in [1.807, 2.05) is 24.3 Å². The molecule has 0 bridgehead atoms. The van der Waals surface area contributed by atoms with Gasteiger partial charge in [0.15, 0.2) is 0 Å². The summed E-state index contributed by atoms with van der Waals surface area (Å²) in [6.07, 6.45) is 5.24. The maximum atomic E-state index is 12.3. The molecule has 1 aliphatic rings. The van der Waals surface area contributed by atoms with Crippen molar-refractivity contribution in [3.63, 3.8) is 0 Å². The number of benzene rings is 2. The zero-order chi connectivity index (χ0) is 20.8. The lowest BCUT2D eigenvalue weighted by atomic mass is 9.98. The molecule has 1 aromatic heterocycles. The third-order valence-corrected chi connectivity index (χ3v) is 5.72. The molecule has 0 radical (unpaired) electrons. The molecule has 0 fully saturated rings. The molecular weight excluding hydrogens is 376 g/mol. The molecule has 1 aliphatic heterocycles. The molecule has 1 atom stereocenters. The number of nitrogens with one attached hydrogen (secondary N) is 2. The van der Waals surface area contributed by atoms with Crippen LogP contribution in [0.15, 0.2) is 61.2 Å². The standard InChI is InChI=1S/C23H28N6O/c1-2-21(28-12-11-19-5-3-4-6-20(19)15-28)14-26-23(30)25-13-18-7-9-22(10-8-18)29-17-24-16-27-29/h3-10,16-17,21H,2,11-15H2,1H3,(H2,25,26,30). The molecule has 7 nitrogen and oxygen atoms in total. The van der Waals surface area contributed by atoms with E-state index in [0.29, 0.717) is 19.1 Å². The molecule has 0 saturated carbocycles. The van der Waals surface area contributed by atoms with Crippen molar-refractivity contribution in [3.8, 4) is 5.69 Å². The molecule has 2 amide bonds. The van der Waals surface area contributed by atoms with Crippen LogP contribution in [-0.2, 0) is 19.5 Å². The van der Waals surface area contributed by atoms with Gasteiger partial charge in [-0.05, 0) is 41.7 Å². The minimum atomic E-state index is -0.133. The zero-order valence-electron chi connectivity index (χ0n) is 17.3. The predicted octanol–water partition coefficient (Wildman–Crippen LogP) is 2.90. The number of rotatable bonds is 7. The van der Waals surface area contributed by atoms with Gasteiger partial charge in [0.1, 0.15) is 12.7 Å². The first-order valence-electron chi connectivity index (χ1n) is 10.5. The quantitative estimate of drug-likeness (QED) is 0.635. The number of hydrogen-bond acceptors (Lipinski definition) is 4. The molecule has 2 N–H and O–H groups in total. The van der Waals surface area contributed by atoms with Crippen molar-refractivity contribution < 1.29 is 4.79 Å². The number of aromatic nitrogens is 3. The molecule has 2 aromatic carbocycles. The van der Waals surface area contributed by atoms with Gasteiger partial charge in [0.2, 0.25) is 0 Å². The summed E-state index contributed by atoms with van der Waals surface area (Å²) in [6.45, 7) is 5.31. The third kappa shape index (κ3) is 4.86. The lowest BCUT2D eigenvalue weighted by molar-refractivity contribution is 0.169. The van der Waals surface area contributed by atoms with Crippen LogP contribution >= 0.6 is 0 Å². The smallest absolute Gasteiger partial charge is 0.315 e. The van der Waals surface area contributed by atoms with E-state index >= 15 is 0 Å². The molecule has 1 unspecified atom stereocenters. The summed E-state index contributed by atoms with van der Waals surface area (Å²) in [5.41, 5.74) is 4.83. The normalized spacial score (nSPS) is 14.7. The molecule has 4 rings (SSSR count). The van der Waals surface area contributed by atoms with Crippen molar-refractivity contribution in [2.75, 3.05) is 13.1 Å². The highest BCUT2D eigenvalue weighted by Crippen LogP contribution is 2.21. The Kier molecular flexibility index (Phi) is 6.39. The van der Waals surface area contributed by atoms with Crippen LogP contribution in [0.2, 0.25) is 0 Å². The summed E-state index contributed by atoms with van der Waals surface area (Å²) in [5, 5.41) is 10.1. The Balaban J connectivity index is 1.24. The molecule has 3 aromatic rings. The Hall–Kier alpha value is -3.19. The number of hydrogen-bond donors (Lipinski definition) is 2. The number of carbonyl (C=O) groups excluding carboxylic acids is 1. The van der Waals surface area contributed by atoms with Crippen molar-refractivity contribution in [2.24, 2.45) is 0 Å². The summed E-state index contributed by atoms with van der Waals surface area (Å²) in [6, 6.07) is 16.7. The minimum Gasteiger partial charge on any atom is -0.337 e. The maximum Gasteiger partial charge on any atom is 0.315 e. The summed E-state index contributed by atoms with van der Waals surface area (Å²) >= 11 is 0. The Morgan fingerprint density at radius 2 is 1.90 bits per heavy atom. The van der Waals surface area contributed by atoms with Crippen LogP contribution in [0.4, 0.5) is 4.79 Å². The molecular formula is C23H28N6O. The maximum absolute atomic E-state index is 12.3. The van der Waals surface area contributed by atoms with E-state index < -0.39 is 0 Å². The van der Waals surface area contributed by atoms with Crippen molar-refractivity contribution in [1.82, 2.24) is 30.3 Å². The van der Waals surface area contributed by atoms with E-state index in [4.69, 9.17) is 0 Å². The highest BCUT2D eigenvalue weighted by molar-refractivity contribution is 5.73. The van der Waals surface area contributed by atoms with Crippen LogP contribution in [0.5, 0.6) is 0 Å². The number of amides is 2. The van der Waals surface area contributed by atoms with Gasteiger partial charge in [-0.1, -0.05) is 43.3 Å². The second-order valence-electron chi connectivity index (χ2n) is 7.62. The average molecular weight is 405 g/mol. The van der Waals surface area contributed by atoms with E-state index in [2.05, 4.69) is 56.8 Å². The highest BCUT2D eigenvalue weighted by Gasteiger charge is 2.22. The second-order valence-corrected chi connectivity index (χ2v) is 7.62. The van der Waals surface area contributed by atoms with Crippen LogP contribution in [-0.4, -0.2) is 44.8 Å². The van der Waals surface area contributed by atoms with E-state index in [9.17, 15) is 4.79 Å². The number of carbonyl (C=O) groups is 1. The van der Waals surface area contributed by atoms with Crippen LogP contribution in [0.1, 0.15) is 30.0 Å². The topological polar surface area (TPSA) is 75.1 Å². The first-order valence-corrected chi connectivity index (χ1v) is 10.5. The fourth-order valence-corrected chi connectivity index (χ4v) is 3.92. The molecule has 156 valence electrons. The van der Waals surface area contributed by atoms with Gasteiger partial charge in [0.05, 0.1) is 5.69 Å². The van der Waals surface area contributed by atoms with Gasteiger partial charge in [-0.2, -0.15) is 5.10 Å². The van der Waals surface area contributed by atoms with E-state index in [0.717, 1.165) is 37.2 Å². The zero-order valence-corrected chi connectivity index (χ0v) is 17.3. The fraction of sp³-hybridized carbons (Fsp3) is 0.348. The average Bonchev–Trinajstić information content (AvgIpc) is 3.33. The number of nitrogens with zero attached hydrogens (tertiary/aromatic N) is 4. The van der Waals surface area contributed by atoms with E-state index in [1.165, 1.54) is 17.5 Å². The molecule has 0 spiro atoms. The Bertz CT molecular complexity index is 954. The number of fused-ring (bicyclic) bond motifs is 1. The van der Waals surface area contributed by atoms with Crippen molar-refractivity contribution >= 4 is 6.03 Å². The Morgan fingerprint density at radius 3 is 2.63 bits per heavy atom. The second kappa shape index (κ2) is 9.54. The largest absolute Gasteiger partial charge is 0.337 e. The monoisotopic (exact) mass is 404 g/mol. The SMILES string of the molecule is CCC(CNC(=O)NCc1ccc(-n2cncn2)cc1)N1CCc2ccccc2C1. The van der Waals surface area contributed by atoms with Crippen molar-refractivity contribution in [3.05, 3.63) is 77.9 Å². The molecule has 30 heavy (non-hydrogen) atoms. The van der Waals surface area contributed by atoms with E-state index in [-0.39, 0.29) is 6.03 Å². The van der Waals surface area contributed by atoms with Gasteiger partial charge >= 0.3 is 6.03 Å². The van der Waals surface area contributed by atoms with Gasteiger partial charge in [-0.15, -0.1) is 0 Å². The van der Waals surface area contributed by atoms with Crippen LogP contribution < -0.4 is 10.6 Å². The van der Waals surface area contributed by atoms with Crippen molar-refractivity contribution in [2.45, 2.75) is 38.9 Å². The van der Waals surface area contributed by atoms with Gasteiger partial charge in [-0.3, -0.25) is 4.90 Å². The van der Waals surface area contributed by atoms with Crippen molar-refractivity contribution in [1.29, 1.82) is 0 Å². The summed E-state index contributed by atoms with van der Waals surface area (Å²) in [7, 11) is 0. The first kappa shape index (κ1) is 20.1. The predicted molar refractivity (Wildman–Crippen MR) is 116 cm³/mol. The summed E-state index contributed by atoms with van der Waals surface area (Å²) in [5.74, 6) is 0. The lowest BCUT2D eigenvalue weighted by Gasteiger charge is -2.35. The first-order chi connectivity index (χ1) is 14.7. The lowest BCUT2D eigenvalue weighted by Crippen LogP contribution is -2.47. The highest BCUT2D eigenvalue weighted by atomic mass is 16.2. The van der Waals surface area contributed by atoms with Gasteiger partial charge in [-0.25, -0.2) is 14.5 Å². The molecule has 0 saturated heterocycles. The molecule has 2 heterocycles. The van der Waals surface area contributed by atoms with E-state index in [1.54, 1.807) is 11.0 Å². The number of urea groups is 1. The van der Waals surface area contributed by atoms with Gasteiger partial charge < -0.3 is 10.6 Å². The Labute approximate surface area is 177 Å². The van der Waals surface area contributed by atoms with Gasteiger partial charge in [0.25, 0.3) is 0 Å². The Morgan fingerprint density at radius 1 is 1.10 bits per heavy atom. The van der Waals surface area contributed by atoms with Crippen LogP contribution in [0, 0.1) is 0 Å². The van der Waals surface area contributed by atoms with Gasteiger partial charge in [0, 0.05) is 32.2 Å². The van der Waals surface area contributed by atoms with Crippen LogP contribution in [0.25, 0.3) is 5.69 Å². The minimum absolute atomic E-state index is 0.133. The molecule has 0 aliphatic carbocycles. The third-order valence-electron chi connectivity index (χ3n) is 5.72. The summed E-state index contributed by atoms with van der Waals surface area (Å²) < 4.78 is 1.70. The molecule has 7 heteroatoms. The van der Waals surface area contributed by atoms with Crippen LogP contribution in [0.3, 0.4) is 0 Å². The fourth-order valence-electron chi connectivity index (χ4n) is 3.92.